The summed E-state index contributed by atoms with van der Waals surface area (Å²) in [5, 5.41) is 1.28. The molecule has 1 nitrogen and oxygen atoms in total. The van der Waals surface area contributed by atoms with Gasteiger partial charge in [-0.05, 0) is 48.6 Å². The van der Waals surface area contributed by atoms with Crippen LogP contribution in [-0.2, 0) is 0 Å². The van der Waals surface area contributed by atoms with Gasteiger partial charge in [0.25, 0.3) is 0 Å². The van der Waals surface area contributed by atoms with Gasteiger partial charge >= 0.3 is 0 Å². The smallest absolute Gasteiger partial charge is 0.0707 e. The van der Waals surface area contributed by atoms with Crippen LogP contribution >= 0.6 is 0 Å². The molecular formula is C14H17N. The first-order valence-electron chi connectivity index (χ1n) is 5.45. The van der Waals surface area contributed by atoms with Gasteiger partial charge in [0.2, 0.25) is 0 Å². The molecule has 0 amide bonds. The first-order chi connectivity index (χ1) is 7.08. The molecule has 0 radical (unpaired) electrons. The van der Waals surface area contributed by atoms with Crippen LogP contribution in [0.1, 0.15) is 36.5 Å². The lowest BCUT2D eigenvalue weighted by Crippen LogP contribution is -1.91. The van der Waals surface area contributed by atoms with E-state index in [2.05, 4.69) is 50.9 Å². The fourth-order valence-electron chi connectivity index (χ4n) is 1.91. The fraction of sp³-hybridized carbons (Fsp3) is 0.357. The summed E-state index contributed by atoms with van der Waals surface area (Å²) in [5.74, 6) is 0.544. The number of rotatable bonds is 1. The molecule has 15 heavy (non-hydrogen) atoms. The van der Waals surface area contributed by atoms with E-state index >= 15 is 0 Å². The van der Waals surface area contributed by atoms with Gasteiger partial charge in [-0.15, -0.1) is 0 Å². The fourth-order valence-corrected chi connectivity index (χ4v) is 1.91. The zero-order valence-corrected chi connectivity index (χ0v) is 9.83. The first-order valence-corrected chi connectivity index (χ1v) is 5.45. The van der Waals surface area contributed by atoms with E-state index in [-0.39, 0.29) is 0 Å². The molecule has 0 fully saturated rings. The molecule has 0 aliphatic heterocycles. The van der Waals surface area contributed by atoms with Crippen molar-refractivity contribution in [2.24, 2.45) is 0 Å². The molecule has 0 spiro atoms. The van der Waals surface area contributed by atoms with Crippen LogP contribution in [0.3, 0.4) is 0 Å². The van der Waals surface area contributed by atoms with Crippen molar-refractivity contribution in [3.63, 3.8) is 0 Å². The molecule has 0 saturated carbocycles. The van der Waals surface area contributed by atoms with Gasteiger partial charge in [0.15, 0.2) is 0 Å². The van der Waals surface area contributed by atoms with Crippen LogP contribution in [0.4, 0.5) is 0 Å². The summed E-state index contributed by atoms with van der Waals surface area (Å²) in [4.78, 5) is 4.52. The van der Waals surface area contributed by atoms with Gasteiger partial charge in [0.1, 0.15) is 0 Å². The van der Waals surface area contributed by atoms with E-state index in [1.54, 1.807) is 0 Å². The average Bonchev–Trinajstić information content (AvgIpc) is 2.16. The van der Waals surface area contributed by atoms with Crippen LogP contribution < -0.4 is 0 Å². The SMILES string of the molecule is Cc1cc(C)c2cc(C(C)C)cnc2c1. The minimum atomic E-state index is 0.544. The van der Waals surface area contributed by atoms with Gasteiger partial charge in [0.05, 0.1) is 5.52 Å². The predicted octanol–water partition coefficient (Wildman–Crippen LogP) is 3.98. The molecule has 2 aromatic rings. The lowest BCUT2D eigenvalue weighted by Gasteiger charge is -2.08. The van der Waals surface area contributed by atoms with E-state index in [1.807, 2.05) is 6.20 Å². The molecular weight excluding hydrogens is 182 g/mol. The number of benzene rings is 1. The monoisotopic (exact) mass is 199 g/mol. The Balaban J connectivity index is 2.71. The van der Waals surface area contributed by atoms with Crippen molar-refractivity contribution in [1.82, 2.24) is 4.98 Å². The van der Waals surface area contributed by atoms with Crippen LogP contribution in [0.25, 0.3) is 10.9 Å². The van der Waals surface area contributed by atoms with Crippen molar-refractivity contribution >= 4 is 10.9 Å². The average molecular weight is 199 g/mol. The second-order valence-corrected chi connectivity index (χ2v) is 4.57. The molecule has 0 aliphatic carbocycles. The van der Waals surface area contributed by atoms with Crippen molar-refractivity contribution in [2.75, 3.05) is 0 Å². The quantitative estimate of drug-likeness (QED) is 0.677. The maximum atomic E-state index is 4.52. The van der Waals surface area contributed by atoms with E-state index < -0.39 is 0 Å². The summed E-state index contributed by atoms with van der Waals surface area (Å²) in [6, 6.07) is 6.63. The molecule has 0 unspecified atom stereocenters. The summed E-state index contributed by atoms with van der Waals surface area (Å²) in [7, 11) is 0. The van der Waals surface area contributed by atoms with Crippen LogP contribution in [0.15, 0.2) is 24.4 Å². The highest BCUT2D eigenvalue weighted by Crippen LogP contribution is 2.23. The molecule has 1 aromatic carbocycles. The van der Waals surface area contributed by atoms with Gasteiger partial charge in [-0.1, -0.05) is 19.9 Å². The maximum Gasteiger partial charge on any atom is 0.0707 e. The summed E-state index contributed by atoms with van der Waals surface area (Å²) in [5.41, 5.74) is 5.02. The minimum Gasteiger partial charge on any atom is -0.256 e. The Bertz CT molecular complexity index is 498. The van der Waals surface area contributed by atoms with Gasteiger partial charge in [0, 0.05) is 11.6 Å². The molecule has 1 heterocycles. The van der Waals surface area contributed by atoms with Gasteiger partial charge in [-0.2, -0.15) is 0 Å². The van der Waals surface area contributed by atoms with Crippen LogP contribution in [-0.4, -0.2) is 4.98 Å². The Hall–Kier alpha value is -1.37. The first kappa shape index (κ1) is 10.2. The number of aryl methyl sites for hydroxylation is 2. The number of hydrogen-bond acceptors (Lipinski definition) is 1. The Morgan fingerprint density at radius 2 is 1.80 bits per heavy atom. The van der Waals surface area contributed by atoms with Gasteiger partial charge in [-0.3, -0.25) is 4.98 Å². The van der Waals surface area contributed by atoms with Crippen molar-refractivity contribution < 1.29 is 0 Å². The zero-order valence-electron chi connectivity index (χ0n) is 9.83. The molecule has 1 aromatic heterocycles. The number of nitrogens with zero attached hydrogens (tertiary/aromatic N) is 1. The van der Waals surface area contributed by atoms with Crippen molar-refractivity contribution in [3.8, 4) is 0 Å². The maximum absolute atomic E-state index is 4.52. The Morgan fingerprint density at radius 1 is 1.07 bits per heavy atom. The summed E-state index contributed by atoms with van der Waals surface area (Å²) >= 11 is 0. The third kappa shape index (κ3) is 1.87. The summed E-state index contributed by atoms with van der Waals surface area (Å²) in [6.45, 7) is 8.67. The highest BCUT2D eigenvalue weighted by atomic mass is 14.7. The van der Waals surface area contributed by atoms with Crippen LogP contribution in [0, 0.1) is 13.8 Å². The minimum absolute atomic E-state index is 0.544. The van der Waals surface area contributed by atoms with E-state index in [9.17, 15) is 0 Å². The molecule has 78 valence electrons. The summed E-state index contributed by atoms with van der Waals surface area (Å²) in [6.07, 6.45) is 1.99. The van der Waals surface area contributed by atoms with E-state index in [0.29, 0.717) is 5.92 Å². The van der Waals surface area contributed by atoms with E-state index in [1.165, 1.54) is 22.1 Å². The molecule has 0 N–H and O–H groups in total. The number of pyridine rings is 1. The number of aromatic nitrogens is 1. The molecule has 2 rings (SSSR count). The molecule has 1 heteroatoms. The van der Waals surface area contributed by atoms with Crippen molar-refractivity contribution in [2.45, 2.75) is 33.6 Å². The predicted molar refractivity (Wildman–Crippen MR) is 65.3 cm³/mol. The third-order valence-corrected chi connectivity index (χ3v) is 2.84. The molecule has 0 aliphatic rings. The van der Waals surface area contributed by atoms with Gasteiger partial charge < -0.3 is 0 Å². The topological polar surface area (TPSA) is 12.9 Å². The Kier molecular flexibility index (Phi) is 2.47. The van der Waals surface area contributed by atoms with Gasteiger partial charge in [-0.25, -0.2) is 0 Å². The second kappa shape index (κ2) is 3.65. The van der Waals surface area contributed by atoms with Crippen LogP contribution in [0.5, 0.6) is 0 Å². The van der Waals surface area contributed by atoms with Crippen molar-refractivity contribution in [1.29, 1.82) is 0 Å². The summed E-state index contributed by atoms with van der Waals surface area (Å²) < 4.78 is 0. The molecule has 0 atom stereocenters. The standard InChI is InChI=1S/C14H17N/c1-9(2)12-7-13-11(4)5-10(3)6-14(13)15-8-12/h5-9H,1-4H3. The van der Waals surface area contributed by atoms with Crippen LogP contribution in [0.2, 0.25) is 0 Å². The lowest BCUT2D eigenvalue weighted by molar-refractivity contribution is 0.862. The number of hydrogen-bond donors (Lipinski definition) is 0. The molecule has 0 saturated heterocycles. The third-order valence-electron chi connectivity index (χ3n) is 2.84. The zero-order chi connectivity index (χ0) is 11.0. The number of fused-ring (bicyclic) bond motifs is 1. The lowest BCUT2D eigenvalue weighted by atomic mass is 10.00. The second-order valence-electron chi connectivity index (χ2n) is 4.57. The highest BCUT2D eigenvalue weighted by Gasteiger charge is 2.04. The Labute approximate surface area is 91.2 Å². The normalized spacial score (nSPS) is 11.3. The highest BCUT2D eigenvalue weighted by molar-refractivity contribution is 5.83. The Morgan fingerprint density at radius 3 is 2.47 bits per heavy atom. The largest absolute Gasteiger partial charge is 0.256 e. The van der Waals surface area contributed by atoms with E-state index in [0.717, 1.165) is 5.52 Å². The van der Waals surface area contributed by atoms with E-state index in [4.69, 9.17) is 0 Å². The van der Waals surface area contributed by atoms with Crippen molar-refractivity contribution in [3.05, 3.63) is 41.1 Å². The molecule has 0 bridgehead atoms.